The summed E-state index contributed by atoms with van der Waals surface area (Å²) in [7, 11) is 0. The van der Waals surface area contributed by atoms with Crippen molar-refractivity contribution >= 4 is 17.6 Å². The number of rotatable bonds is 5. The predicted molar refractivity (Wildman–Crippen MR) is 45.7 cm³/mol. The topological polar surface area (TPSA) is 62.2 Å². The van der Waals surface area contributed by atoms with Gasteiger partial charge >= 0.3 is 0 Å². The van der Waals surface area contributed by atoms with Crippen molar-refractivity contribution in [2.75, 3.05) is 13.2 Å². The third kappa shape index (κ3) is 2.69. The molecule has 4 nitrogen and oxygen atoms in total. The number of hydrogen-bond donors (Lipinski definition) is 2. The molecule has 0 saturated carbocycles. The first-order valence-electron chi connectivity index (χ1n) is 3.51. The molecule has 0 amide bonds. The van der Waals surface area contributed by atoms with Crippen LogP contribution in [0.1, 0.15) is 9.88 Å². The summed E-state index contributed by atoms with van der Waals surface area (Å²) in [5, 5.41) is 11.8. The summed E-state index contributed by atoms with van der Waals surface area (Å²) in [5.41, 5.74) is 0. The lowest BCUT2D eigenvalue weighted by Crippen LogP contribution is -2.16. The van der Waals surface area contributed by atoms with Crippen molar-refractivity contribution in [2.45, 2.75) is 6.54 Å². The second-order valence-electron chi connectivity index (χ2n) is 2.13. The van der Waals surface area contributed by atoms with Gasteiger partial charge in [-0.1, -0.05) is 0 Å². The van der Waals surface area contributed by atoms with Crippen LogP contribution in [-0.2, 0) is 11.3 Å². The smallest absolute Gasteiger partial charge is 0.264 e. The van der Waals surface area contributed by atoms with Gasteiger partial charge in [-0.25, -0.2) is 4.98 Å². The SMILES string of the molecule is O=[C]c1ncc(CNCCO)s1. The minimum atomic E-state index is 0.117. The van der Waals surface area contributed by atoms with E-state index >= 15 is 0 Å². The molecule has 2 N–H and O–H groups in total. The molecule has 1 radical (unpaired) electrons. The number of carbonyl (C=O) groups excluding carboxylic acids is 1. The largest absolute Gasteiger partial charge is 0.395 e. The van der Waals surface area contributed by atoms with Crippen molar-refractivity contribution in [2.24, 2.45) is 0 Å². The first-order chi connectivity index (χ1) is 5.86. The zero-order valence-electron chi connectivity index (χ0n) is 6.41. The molecule has 1 heterocycles. The number of aliphatic hydroxyl groups is 1. The van der Waals surface area contributed by atoms with E-state index in [1.54, 1.807) is 12.5 Å². The Morgan fingerprint density at radius 1 is 1.75 bits per heavy atom. The molecule has 0 spiro atoms. The molecule has 0 fully saturated rings. The van der Waals surface area contributed by atoms with Gasteiger partial charge in [0.25, 0.3) is 6.29 Å². The molecule has 0 atom stereocenters. The zero-order valence-corrected chi connectivity index (χ0v) is 7.23. The van der Waals surface area contributed by atoms with E-state index in [1.807, 2.05) is 0 Å². The molecule has 12 heavy (non-hydrogen) atoms. The molecule has 0 aliphatic rings. The fourth-order valence-corrected chi connectivity index (χ4v) is 1.40. The Morgan fingerprint density at radius 3 is 3.17 bits per heavy atom. The van der Waals surface area contributed by atoms with Crippen molar-refractivity contribution < 1.29 is 9.90 Å². The van der Waals surface area contributed by atoms with Crippen molar-refractivity contribution in [3.8, 4) is 0 Å². The Balaban J connectivity index is 2.36. The van der Waals surface area contributed by atoms with Gasteiger partial charge in [0.15, 0.2) is 5.01 Å². The summed E-state index contributed by atoms with van der Waals surface area (Å²) in [6.45, 7) is 1.31. The summed E-state index contributed by atoms with van der Waals surface area (Å²) < 4.78 is 0. The first-order valence-corrected chi connectivity index (χ1v) is 4.33. The number of nitrogens with one attached hydrogen (secondary N) is 1. The third-order valence-electron chi connectivity index (χ3n) is 1.23. The summed E-state index contributed by atoms with van der Waals surface area (Å²) >= 11 is 1.30. The molecule has 0 unspecified atom stereocenters. The average molecular weight is 185 g/mol. The van der Waals surface area contributed by atoms with E-state index < -0.39 is 0 Å². The van der Waals surface area contributed by atoms with Gasteiger partial charge in [-0.3, -0.25) is 4.79 Å². The highest BCUT2D eigenvalue weighted by atomic mass is 32.1. The number of aromatic nitrogens is 1. The zero-order chi connectivity index (χ0) is 8.81. The molecule has 5 heteroatoms. The van der Waals surface area contributed by atoms with Crippen LogP contribution in [0.4, 0.5) is 0 Å². The Bertz CT molecular complexity index is 249. The van der Waals surface area contributed by atoms with Crippen LogP contribution in [0.5, 0.6) is 0 Å². The second-order valence-corrected chi connectivity index (χ2v) is 3.25. The Labute approximate surface area is 74.3 Å². The van der Waals surface area contributed by atoms with E-state index in [9.17, 15) is 4.79 Å². The maximum absolute atomic E-state index is 10.1. The standard InChI is InChI=1S/C7H9N2O2S/c10-2-1-8-3-6-4-9-7(5-11)12-6/h4,8,10H,1-3H2. The number of thiazole rings is 1. The van der Waals surface area contributed by atoms with E-state index in [-0.39, 0.29) is 6.61 Å². The summed E-state index contributed by atoms with van der Waals surface area (Å²) in [6.07, 6.45) is 3.35. The minimum Gasteiger partial charge on any atom is -0.395 e. The van der Waals surface area contributed by atoms with Gasteiger partial charge in [0.2, 0.25) is 0 Å². The normalized spacial score (nSPS) is 10.1. The number of aliphatic hydroxyl groups excluding tert-OH is 1. The van der Waals surface area contributed by atoms with Crippen LogP contribution in [0.25, 0.3) is 0 Å². The summed E-state index contributed by atoms with van der Waals surface area (Å²) in [4.78, 5) is 14.9. The van der Waals surface area contributed by atoms with Crippen LogP contribution in [-0.4, -0.2) is 29.5 Å². The number of nitrogens with zero attached hydrogens (tertiary/aromatic N) is 1. The molecule has 1 rings (SSSR count). The molecule has 0 aromatic carbocycles. The van der Waals surface area contributed by atoms with Crippen molar-refractivity contribution in [3.63, 3.8) is 0 Å². The Morgan fingerprint density at radius 2 is 2.58 bits per heavy atom. The lowest BCUT2D eigenvalue weighted by Gasteiger charge is -1.96. The van der Waals surface area contributed by atoms with Gasteiger partial charge in [-0.05, 0) is 0 Å². The highest BCUT2D eigenvalue weighted by molar-refractivity contribution is 7.13. The van der Waals surface area contributed by atoms with Gasteiger partial charge in [0.05, 0.1) is 6.61 Å². The predicted octanol–water partition coefficient (Wildman–Crippen LogP) is -0.317. The van der Waals surface area contributed by atoms with Gasteiger partial charge < -0.3 is 10.4 Å². The van der Waals surface area contributed by atoms with E-state index in [4.69, 9.17) is 5.11 Å². The molecule has 0 aliphatic heterocycles. The second kappa shape index (κ2) is 4.97. The van der Waals surface area contributed by atoms with E-state index in [0.717, 1.165) is 4.88 Å². The van der Waals surface area contributed by atoms with Crippen LogP contribution < -0.4 is 5.32 Å². The minimum absolute atomic E-state index is 0.117. The van der Waals surface area contributed by atoms with Crippen LogP contribution in [0.2, 0.25) is 0 Å². The van der Waals surface area contributed by atoms with Gasteiger partial charge in [-0.2, -0.15) is 0 Å². The Hall–Kier alpha value is -0.780. The van der Waals surface area contributed by atoms with Crippen LogP contribution in [0.15, 0.2) is 6.20 Å². The highest BCUT2D eigenvalue weighted by Gasteiger charge is 1.99. The average Bonchev–Trinajstić information content (AvgIpc) is 2.53. The van der Waals surface area contributed by atoms with Crippen molar-refractivity contribution in [3.05, 3.63) is 16.1 Å². The third-order valence-corrected chi connectivity index (χ3v) is 2.12. The molecule has 1 aromatic heterocycles. The number of hydrogen-bond acceptors (Lipinski definition) is 5. The molecule has 65 valence electrons. The quantitative estimate of drug-likeness (QED) is 0.617. The van der Waals surface area contributed by atoms with Crippen molar-refractivity contribution in [1.82, 2.24) is 10.3 Å². The van der Waals surface area contributed by atoms with Crippen molar-refractivity contribution in [1.29, 1.82) is 0 Å². The molecule has 1 aromatic rings. The van der Waals surface area contributed by atoms with E-state index in [2.05, 4.69) is 10.3 Å². The maximum atomic E-state index is 10.1. The summed E-state index contributed by atoms with van der Waals surface area (Å²) in [6, 6.07) is 0. The fraction of sp³-hybridized carbons (Fsp3) is 0.429. The molecule has 0 bridgehead atoms. The van der Waals surface area contributed by atoms with Gasteiger partial charge in [0.1, 0.15) is 0 Å². The van der Waals surface area contributed by atoms with E-state index in [0.29, 0.717) is 18.1 Å². The Kier molecular flexibility index (Phi) is 3.86. The first kappa shape index (κ1) is 9.31. The summed E-state index contributed by atoms with van der Waals surface area (Å²) in [5.74, 6) is 0. The molecule has 0 aliphatic carbocycles. The van der Waals surface area contributed by atoms with Crippen LogP contribution >= 0.6 is 11.3 Å². The van der Waals surface area contributed by atoms with E-state index in [1.165, 1.54) is 11.3 Å². The molecular weight excluding hydrogens is 176 g/mol. The van der Waals surface area contributed by atoms with Crippen LogP contribution in [0.3, 0.4) is 0 Å². The van der Waals surface area contributed by atoms with Gasteiger partial charge in [-0.15, -0.1) is 11.3 Å². The van der Waals surface area contributed by atoms with Gasteiger partial charge in [0, 0.05) is 24.2 Å². The highest BCUT2D eigenvalue weighted by Crippen LogP contribution is 2.09. The lowest BCUT2D eigenvalue weighted by molar-refractivity contribution is 0.292. The van der Waals surface area contributed by atoms with Crippen LogP contribution in [0, 0.1) is 0 Å². The monoisotopic (exact) mass is 185 g/mol. The lowest BCUT2D eigenvalue weighted by atomic mass is 10.5. The maximum Gasteiger partial charge on any atom is 0.264 e. The molecule has 0 saturated heterocycles. The molecular formula is C7H9N2O2S. The fourth-order valence-electron chi connectivity index (χ4n) is 0.727.